The molecule has 0 aliphatic carbocycles. The fourth-order valence-electron chi connectivity index (χ4n) is 5.23. The topological polar surface area (TPSA) is 175 Å². The van der Waals surface area contributed by atoms with Gasteiger partial charge in [0.05, 0.1) is 57.8 Å². The number of alkyl carbamates (subject to hydrolysis) is 1. The molecule has 0 radical (unpaired) electrons. The molecule has 2 saturated heterocycles. The van der Waals surface area contributed by atoms with Crippen LogP contribution in [0.4, 0.5) is 4.79 Å². The predicted molar refractivity (Wildman–Crippen MR) is 177 cm³/mol. The van der Waals surface area contributed by atoms with Crippen LogP contribution in [0, 0.1) is 6.92 Å². The molecule has 2 aliphatic heterocycles. The first kappa shape index (κ1) is 39.6. The summed E-state index contributed by atoms with van der Waals surface area (Å²) < 4.78 is 77.2. The van der Waals surface area contributed by atoms with Crippen LogP contribution >= 0.6 is 0 Å². The first-order valence-electron chi connectivity index (χ1n) is 16.5. The van der Waals surface area contributed by atoms with Gasteiger partial charge < -0.3 is 48.5 Å². The van der Waals surface area contributed by atoms with Gasteiger partial charge in [0.15, 0.2) is 12.1 Å². The van der Waals surface area contributed by atoms with Gasteiger partial charge in [-0.05, 0) is 38.5 Å². The standard InChI is InChI=1S/C34H48N2O13S/c1-24-10-12-27(13-11-24)50(39,40)46-23-28-30-31(49-34(3,4)48-30)29(36-25(2)37)32(47-28)44-21-20-43-19-18-42-17-16-41-15-14-35-33(38)45-22-26-8-6-5-7-9-26/h5-13,28-32H,14-23H2,1-4H3,(H,35,38)(H,36,37)/t28-,29-,30+,31-,32?/m1/s1. The highest BCUT2D eigenvalue weighted by Gasteiger charge is 2.56. The van der Waals surface area contributed by atoms with Crippen LogP contribution < -0.4 is 10.6 Å². The van der Waals surface area contributed by atoms with E-state index in [4.69, 9.17) is 42.1 Å². The van der Waals surface area contributed by atoms with Crippen molar-refractivity contribution in [1.29, 1.82) is 0 Å². The Hall–Kier alpha value is -3.19. The van der Waals surface area contributed by atoms with Crippen molar-refractivity contribution in [1.82, 2.24) is 10.6 Å². The van der Waals surface area contributed by atoms with Gasteiger partial charge in [-0.15, -0.1) is 0 Å². The molecular weight excluding hydrogens is 676 g/mol. The highest BCUT2D eigenvalue weighted by molar-refractivity contribution is 7.86. The second-order valence-electron chi connectivity index (χ2n) is 12.1. The van der Waals surface area contributed by atoms with Gasteiger partial charge >= 0.3 is 6.09 Å². The average molecular weight is 725 g/mol. The highest BCUT2D eigenvalue weighted by atomic mass is 32.2. The second-order valence-corrected chi connectivity index (χ2v) is 13.7. The Morgan fingerprint density at radius 3 is 2.12 bits per heavy atom. The van der Waals surface area contributed by atoms with Gasteiger partial charge in [-0.1, -0.05) is 48.0 Å². The van der Waals surface area contributed by atoms with E-state index in [9.17, 15) is 18.0 Å². The van der Waals surface area contributed by atoms with Crippen LogP contribution in [0.2, 0.25) is 0 Å². The van der Waals surface area contributed by atoms with Crippen molar-refractivity contribution in [2.75, 3.05) is 59.4 Å². The van der Waals surface area contributed by atoms with Crippen LogP contribution in [0.5, 0.6) is 0 Å². The molecule has 0 saturated carbocycles. The number of carbonyl (C=O) groups is 2. The molecular formula is C34H48N2O13S. The van der Waals surface area contributed by atoms with Gasteiger partial charge in [0.25, 0.3) is 10.1 Å². The van der Waals surface area contributed by atoms with Gasteiger partial charge in [0.1, 0.15) is 31.0 Å². The zero-order valence-corrected chi connectivity index (χ0v) is 29.7. The first-order valence-corrected chi connectivity index (χ1v) is 17.9. The number of benzene rings is 2. The molecule has 278 valence electrons. The van der Waals surface area contributed by atoms with Crippen LogP contribution in [-0.2, 0) is 63.6 Å². The minimum Gasteiger partial charge on any atom is -0.445 e. The minimum absolute atomic E-state index is 0.0169. The number of fused-ring (bicyclic) bond motifs is 1. The third-order valence-corrected chi connectivity index (χ3v) is 8.83. The van der Waals surface area contributed by atoms with Crippen LogP contribution in [0.25, 0.3) is 0 Å². The van der Waals surface area contributed by atoms with Crippen molar-refractivity contribution in [3.63, 3.8) is 0 Å². The van der Waals surface area contributed by atoms with Crippen molar-refractivity contribution in [2.24, 2.45) is 0 Å². The molecule has 2 fully saturated rings. The zero-order chi connectivity index (χ0) is 36.0. The zero-order valence-electron chi connectivity index (χ0n) is 28.9. The lowest BCUT2D eigenvalue weighted by Crippen LogP contribution is -2.63. The Kier molecular flexibility index (Phi) is 15.4. The van der Waals surface area contributed by atoms with E-state index in [-0.39, 0.29) is 37.2 Å². The maximum absolute atomic E-state index is 12.9. The number of hydrogen-bond acceptors (Lipinski definition) is 13. The maximum atomic E-state index is 12.9. The van der Waals surface area contributed by atoms with E-state index in [2.05, 4.69) is 10.6 Å². The van der Waals surface area contributed by atoms with Crippen LogP contribution in [-0.4, -0.2) is 116 Å². The van der Waals surface area contributed by atoms with Gasteiger partial charge in [-0.25, -0.2) is 4.79 Å². The molecule has 2 amide bonds. The Morgan fingerprint density at radius 2 is 1.46 bits per heavy atom. The lowest BCUT2D eigenvalue weighted by molar-refractivity contribution is -0.251. The van der Waals surface area contributed by atoms with Crippen molar-refractivity contribution in [3.8, 4) is 0 Å². The second kappa shape index (κ2) is 19.4. The number of aryl methyl sites for hydroxylation is 1. The number of ether oxygens (including phenoxy) is 8. The number of hydrogen-bond donors (Lipinski definition) is 2. The third kappa shape index (κ3) is 12.9. The SMILES string of the molecule is CC(=O)N[C@H]1C(OCCOCCOCCOCCNC(=O)OCc2ccccc2)O[C@H](COS(=O)(=O)c2ccc(C)cc2)[C@@H]2OC(C)(C)O[C@@H]21. The predicted octanol–water partition coefficient (Wildman–Crippen LogP) is 2.44. The molecule has 0 spiro atoms. The molecule has 4 rings (SSSR count). The monoisotopic (exact) mass is 724 g/mol. The molecule has 15 nitrogen and oxygen atoms in total. The Labute approximate surface area is 293 Å². The lowest BCUT2D eigenvalue weighted by atomic mass is 9.97. The summed E-state index contributed by atoms with van der Waals surface area (Å²) in [6.07, 6.45) is -3.86. The van der Waals surface area contributed by atoms with Crippen LogP contribution in [0.15, 0.2) is 59.5 Å². The molecule has 0 aromatic heterocycles. The molecule has 1 unspecified atom stereocenters. The Balaban J connectivity index is 1.13. The molecule has 2 aromatic rings. The summed E-state index contributed by atoms with van der Waals surface area (Å²) in [5.74, 6) is -1.36. The van der Waals surface area contributed by atoms with Gasteiger partial charge in [0.2, 0.25) is 5.91 Å². The van der Waals surface area contributed by atoms with E-state index >= 15 is 0 Å². The third-order valence-electron chi connectivity index (χ3n) is 7.54. The summed E-state index contributed by atoms with van der Waals surface area (Å²) >= 11 is 0. The van der Waals surface area contributed by atoms with E-state index in [1.807, 2.05) is 37.3 Å². The summed E-state index contributed by atoms with van der Waals surface area (Å²) in [5, 5.41) is 5.45. The van der Waals surface area contributed by atoms with Crippen LogP contribution in [0.1, 0.15) is 31.9 Å². The molecule has 0 bridgehead atoms. The van der Waals surface area contributed by atoms with Crippen molar-refractivity contribution >= 4 is 22.1 Å². The summed E-state index contributed by atoms with van der Waals surface area (Å²) in [4.78, 5) is 23.9. The fraction of sp³-hybridized carbons (Fsp3) is 0.588. The highest BCUT2D eigenvalue weighted by Crippen LogP contribution is 2.38. The smallest absolute Gasteiger partial charge is 0.407 e. The lowest BCUT2D eigenvalue weighted by Gasteiger charge is -2.42. The average Bonchev–Trinajstić information content (AvgIpc) is 3.41. The van der Waals surface area contributed by atoms with Crippen molar-refractivity contribution in [3.05, 3.63) is 65.7 Å². The fourth-order valence-corrected chi connectivity index (χ4v) is 6.15. The Bertz CT molecular complexity index is 1440. The molecule has 50 heavy (non-hydrogen) atoms. The number of nitrogens with one attached hydrogen (secondary N) is 2. The van der Waals surface area contributed by atoms with E-state index in [1.54, 1.807) is 26.0 Å². The number of amides is 2. The van der Waals surface area contributed by atoms with E-state index < -0.39 is 52.6 Å². The largest absolute Gasteiger partial charge is 0.445 e. The maximum Gasteiger partial charge on any atom is 0.407 e. The molecule has 5 atom stereocenters. The van der Waals surface area contributed by atoms with Crippen LogP contribution in [0.3, 0.4) is 0 Å². The van der Waals surface area contributed by atoms with Crippen molar-refractivity contribution < 1.29 is 60.1 Å². The molecule has 2 aromatic carbocycles. The summed E-state index contributed by atoms with van der Waals surface area (Å²) in [5.41, 5.74) is 1.82. The van der Waals surface area contributed by atoms with Gasteiger partial charge in [-0.2, -0.15) is 8.42 Å². The quantitative estimate of drug-likeness (QED) is 0.151. The number of rotatable bonds is 20. The van der Waals surface area contributed by atoms with E-state index in [1.165, 1.54) is 19.1 Å². The molecule has 2 aliphatic rings. The minimum atomic E-state index is -4.08. The molecule has 2 heterocycles. The summed E-state index contributed by atoms with van der Waals surface area (Å²) in [7, 11) is -4.08. The van der Waals surface area contributed by atoms with Crippen molar-refractivity contribution in [2.45, 2.75) is 75.6 Å². The molecule has 2 N–H and O–H groups in total. The normalized spacial score (nSPS) is 22.8. The van der Waals surface area contributed by atoms with Gasteiger partial charge in [-0.3, -0.25) is 8.98 Å². The summed E-state index contributed by atoms with van der Waals surface area (Å²) in [6.45, 7) is 8.71. The number of carbonyl (C=O) groups excluding carboxylic acids is 2. The van der Waals surface area contributed by atoms with Gasteiger partial charge in [0, 0.05) is 13.5 Å². The Morgan fingerprint density at radius 1 is 0.840 bits per heavy atom. The van der Waals surface area contributed by atoms with E-state index in [0.717, 1.165) is 11.1 Å². The summed E-state index contributed by atoms with van der Waals surface area (Å²) in [6, 6.07) is 15.0. The first-order chi connectivity index (χ1) is 23.9. The van der Waals surface area contributed by atoms with E-state index in [0.29, 0.717) is 39.6 Å². The molecule has 16 heteroatoms.